The second kappa shape index (κ2) is 5.36. The third kappa shape index (κ3) is 2.82. The molecule has 2 aromatic rings. The van der Waals surface area contributed by atoms with Crippen LogP contribution in [0, 0.1) is 0 Å². The van der Waals surface area contributed by atoms with Gasteiger partial charge in [0.1, 0.15) is 11.9 Å². The maximum Gasteiger partial charge on any atom is 0.315 e. The van der Waals surface area contributed by atoms with Gasteiger partial charge in [0, 0.05) is 25.5 Å². The van der Waals surface area contributed by atoms with Crippen LogP contribution in [0.5, 0.6) is 0 Å². The first kappa shape index (κ1) is 12.7. The Balaban J connectivity index is 1.83. The van der Waals surface area contributed by atoms with Gasteiger partial charge in [0.05, 0.1) is 0 Å². The second-order valence-electron chi connectivity index (χ2n) is 5.13. The standard InChI is InChI=1S/C15H18N4O/c1-19-10-9-16-14(19)13(11-5-3-2-4-6-11)18-15(20)17-12-7-8-12/h2-6,9-10,12-13H,7-8H2,1H3,(H2,17,18,20). The zero-order valence-electron chi connectivity index (χ0n) is 11.4. The van der Waals surface area contributed by atoms with E-state index in [2.05, 4.69) is 15.6 Å². The van der Waals surface area contributed by atoms with Crippen molar-refractivity contribution < 1.29 is 4.79 Å². The van der Waals surface area contributed by atoms with Gasteiger partial charge in [0.25, 0.3) is 0 Å². The van der Waals surface area contributed by atoms with Crippen LogP contribution in [0.4, 0.5) is 4.79 Å². The lowest BCUT2D eigenvalue weighted by Gasteiger charge is -2.19. The number of imidazole rings is 1. The number of carbonyl (C=O) groups is 1. The van der Waals surface area contributed by atoms with Crippen molar-refractivity contribution in [2.45, 2.75) is 24.9 Å². The van der Waals surface area contributed by atoms with Gasteiger partial charge in [0.2, 0.25) is 0 Å². The highest BCUT2D eigenvalue weighted by Crippen LogP contribution is 2.21. The normalized spacial score (nSPS) is 15.7. The zero-order chi connectivity index (χ0) is 13.9. The minimum atomic E-state index is -0.241. The molecule has 0 aliphatic heterocycles. The zero-order valence-corrected chi connectivity index (χ0v) is 11.4. The molecule has 20 heavy (non-hydrogen) atoms. The van der Waals surface area contributed by atoms with Gasteiger partial charge in [-0.1, -0.05) is 30.3 Å². The molecule has 1 unspecified atom stereocenters. The molecule has 5 nitrogen and oxygen atoms in total. The van der Waals surface area contributed by atoms with Crippen molar-refractivity contribution in [1.29, 1.82) is 0 Å². The fourth-order valence-corrected chi connectivity index (χ4v) is 2.18. The summed E-state index contributed by atoms with van der Waals surface area (Å²) in [4.78, 5) is 16.4. The minimum absolute atomic E-state index is 0.135. The summed E-state index contributed by atoms with van der Waals surface area (Å²) in [6, 6.07) is 9.85. The van der Waals surface area contributed by atoms with Gasteiger partial charge in [-0.25, -0.2) is 9.78 Å². The Kier molecular flexibility index (Phi) is 3.41. The second-order valence-corrected chi connectivity index (χ2v) is 5.13. The highest BCUT2D eigenvalue weighted by Gasteiger charge is 2.26. The summed E-state index contributed by atoms with van der Waals surface area (Å²) < 4.78 is 1.93. The molecule has 2 N–H and O–H groups in total. The molecule has 0 bridgehead atoms. The van der Waals surface area contributed by atoms with Crippen LogP contribution in [-0.4, -0.2) is 21.6 Å². The van der Waals surface area contributed by atoms with E-state index in [1.807, 2.05) is 48.1 Å². The van der Waals surface area contributed by atoms with Crippen LogP contribution >= 0.6 is 0 Å². The third-order valence-corrected chi connectivity index (χ3v) is 3.44. The fourth-order valence-electron chi connectivity index (χ4n) is 2.18. The van der Waals surface area contributed by atoms with Gasteiger partial charge in [-0.15, -0.1) is 0 Å². The Morgan fingerprint density at radius 3 is 2.70 bits per heavy atom. The van der Waals surface area contributed by atoms with E-state index in [-0.39, 0.29) is 12.1 Å². The number of rotatable bonds is 4. The lowest BCUT2D eigenvalue weighted by atomic mass is 10.1. The summed E-state index contributed by atoms with van der Waals surface area (Å²) in [6.07, 6.45) is 5.77. The van der Waals surface area contributed by atoms with Crippen LogP contribution in [0.3, 0.4) is 0 Å². The molecule has 1 aliphatic carbocycles. The smallest absolute Gasteiger partial charge is 0.315 e. The molecule has 0 spiro atoms. The molecule has 1 aromatic carbocycles. The van der Waals surface area contributed by atoms with Crippen LogP contribution in [0.15, 0.2) is 42.7 Å². The molecular formula is C15H18N4O. The summed E-state index contributed by atoms with van der Waals surface area (Å²) in [6.45, 7) is 0. The highest BCUT2D eigenvalue weighted by molar-refractivity contribution is 5.75. The van der Waals surface area contributed by atoms with E-state index in [1.54, 1.807) is 6.20 Å². The number of benzene rings is 1. The van der Waals surface area contributed by atoms with E-state index >= 15 is 0 Å². The quantitative estimate of drug-likeness (QED) is 0.892. The fraction of sp³-hybridized carbons (Fsp3) is 0.333. The Morgan fingerprint density at radius 1 is 1.35 bits per heavy atom. The van der Waals surface area contributed by atoms with Crippen LogP contribution in [0.2, 0.25) is 0 Å². The SMILES string of the molecule is Cn1ccnc1C(NC(=O)NC1CC1)c1ccccc1. The first-order valence-corrected chi connectivity index (χ1v) is 6.83. The molecule has 1 atom stereocenters. The number of amides is 2. The average Bonchev–Trinajstić information content (AvgIpc) is 3.17. The minimum Gasteiger partial charge on any atom is -0.336 e. The van der Waals surface area contributed by atoms with E-state index in [4.69, 9.17) is 0 Å². The van der Waals surface area contributed by atoms with Crippen LogP contribution in [-0.2, 0) is 7.05 Å². The van der Waals surface area contributed by atoms with Gasteiger partial charge in [-0.05, 0) is 18.4 Å². The summed E-state index contributed by atoms with van der Waals surface area (Å²) in [5, 5.41) is 5.96. The molecule has 1 saturated carbocycles. The molecule has 1 fully saturated rings. The van der Waals surface area contributed by atoms with Crippen molar-refractivity contribution in [2.24, 2.45) is 7.05 Å². The number of hydrogen-bond donors (Lipinski definition) is 2. The van der Waals surface area contributed by atoms with Crippen molar-refractivity contribution in [1.82, 2.24) is 20.2 Å². The van der Waals surface area contributed by atoms with Gasteiger partial charge in [-0.2, -0.15) is 0 Å². The lowest BCUT2D eigenvalue weighted by molar-refractivity contribution is 0.237. The summed E-state index contributed by atoms with van der Waals surface area (Å²) in [7, 11) is 1.93. The Hall–Kier alpha value is -2.30. The molecule has 1 aromatic heterocycles. The molecule has 3 rings (SSSR count). The van der Waals surface area contributed by atoms with Crippen molar-refractivity contribution in [3.63, 3.8) is 0 Å². The number of hydrogen-bond acceptors (Lipinski definition) is 2. The van der Waals surface area contributed by atoms with Crippen molar-refractivity contribution in [3.8, 4) is 0 Å². The number of nitrogens with one attached hydrogen (secondary N) is 2. The van der Waals surface area contributed by atoms with E-state index in [0.717, 1.165) is 24.2 Å². The summed E-state index contributed by atoms with van der Waals surface area (Å²) in [5.74, 6) is 0.821. The van der Waals surface area contributed by atoms with Crippen LogP contribution in [0.25, 0.3) is 0 Å². The van der Waals surface area contributed by atoms with Gasteiger partial charge >= 0.3 is 6.03 Å². The molecule has 2 amide bonds. The van der Waals surface area contributed by atoms with E-state index in [9.17, 15) is 4.79 Å². The highest BCUT2D eigenvalue weighted by atomic mass is 16.2. The molecular weight excluding hydrogens is 252 g/mol. The Bertz CT molecular complexity index is 589. The predicted molar refractivity (Wildman–Crippen MR) is 76.2 cm³/mol. The maximum absolute atomic E-state index is 12.0. The molecule has 1 aliphatic rings. The van der Waals surface area contributed by atoms with Crippen molar-refractivity contribution in [2.75, 3.05) is 0 Å². The van der Waals surface area contributed by atoms with Gasteiger partial charge < -0.3 is 15.2 Å². The Morgan fingerprint density at radius 2 is 2.10 bits per heavy atom. The number of urea groups is 1. The van der Waals surface area contributed by atoms with E-state index in [1.165, 1.54) is 0 Å². The van der Waals surface area contributed by atoms with Crippen molar-refractivity contribution in [3.05, 3.63) is 54.1 Å². The summed E-state index contributed by atoms with van der Waals surface area (Å²) in [5.41, 5.74) is 1.02. The number of aryl methyl sites for hydroxylation is 1. The lowest BCUT2D eigenvalue weighted by Crippen LogP contribution is -2.40. The van der Waals surface area contributed by atoms with E-state index in [0.29, 0.717) is 6.04 Å². The Labute approximate surface area is 118 Å². The monoisotopic (exact) mass is 270 g/mol. The van der Waals surface area contributed by atoms with Gasteiger partial charge in [0.15, 0.2) is 0 Å². The summed E-state index contributed by atoms with van der Waals surface area (Å²) >= 11 is 0. The molecule has 104 valence electrons. The molecule has 0 saturated heterocycles. The van der Waals surface area contributed by atoms with Crippen molar-refractivity contribution >= 4 is 6.03 Å². The maximum atomic E-state index is 12.0. The average molecular weight is 270 g/mol. The number of carbonyl (C=O) groups excluding carboxylic acids is 1. The first-order valence-electron chi connectivity index (χ1n) is 6.83. The largest absolute Gasteiger partial charge is 0.336 e. The molecule has 5 heteroatoms. The number of aromatic nitrogens is 2. The van der Waals surface area contributed by atoms with Gasteiger partial charge in [-0.3, -0.25) is 0 Å². The molecule has 1 heterocycles. The predicted octanol–water partition coefficient (Wildman–Crippen LogP) is 1.97. The van der Waals surface area contributed by atoms with Crippen LogP contribution < -0.4 is 10.6 Å². The topological polar surface area (TPSA) is 59.0 Å². The third-order valence-electron chi connectivity index (χ3n) is 3.44. The van der Waals surface area contributed by atoms with Crippen LogP contribution in [0.1, 0.15) is 30.3 Å². The number of nitrogens with zero attached hydrogens (tertiary/aromatic N) is 2. The first-order chi connectivity index (χ1) is 9.74. The van der Waals surface area contributed by atoms with E-state index < -0.39 is 0 Å². The molecule has 0 radical (unpaired) electrons.